The van der Waals surface area contributed by atoms with E-state index in [9.17, 15) is 0 Å². The first-order chi connectivity index (χ1) is 10.4. The number of aromatic nitrogens is 2. The molecule has 1 N–H and O–H groups in total. The highest BCUT2D eigenvalue weighted by Gasteiger charge is 2.04. The van der Waals surface area contributed by atoms with Gasteiger partial charge in [0, 0.05) is 12.4 Å². The summed E-state index contributed by atoms with van der Waals surface area (Å²) in [5, 5.41) is 3.40. The van der Waals surface area contributed by atoms with Crippen LogP contribution in [-0.4, -0.2) is 16.0 Å². The number of anilines is 1. The van der Waals surface area contributed by atoms with Gasteiger partial charge in [0.05, 0.1) is 24.5 Å². The second-order valence-electron chi connectivity index (χ2n) is 4.90. The van der Waals surface area contributed by atoms with Crippen LogP contribution in [0.15, 0.2) is 54.9 Å². The van der Waals surface area contributed by atoms with E-state index >= 15 is 0 Å². The Morgan fingerprint density at radius 2 is 2.00 bits per heavy atom. The van der Waals surface area contributed by atoms with Crippen molar-refractivity contribution in [2.75, 3.05) is 11.9 Å². The van der Waals surface area contributed by atoms with Crippen LogP contribution in [-0.2, 0) is 6.54 Å². The lowest BCUT2D eigenvalue weighted by molar-refractivity contribution is 0.319. The number of hydrogen-bond acceptors (Lipinski definition) is 3. The molecule has 3 rings (SSSR count). The number of nitrogens with one attached hydrogen (secondary N) is 1. The van der Waals surface area contributed by atoms with Crippen LogP contribution in [0.25, 0.3) is 5.65 Å². The lowest BCUT2D eigenvalue weighted by Crippen LogP contribution is -2.03. The van der Waals surface area contributed by atoms with Gasteiger partial charge in [0.1, 0.15) is 11.4 Å². The summed E-state index contributed by atoms with van der Waals surface area (Å²) in [5.74, 6) is 0.892. The molecule has 3 aromatic rings. The molecule has 0 bridgehead atoms. The molecule has 0 spiro atoms. The Labute approximate surface area is 124 Å². The van der Waals surface area contributed by atoms with Gasteiger partial charge in [-0.05, 0) is 30.7 Å². The molecule has 0 amide bonds. The Morgan fingerprint density at radius 1 is 1.14 bits per heavy atom. The van der Waals surface area contributed by atoms with Crippen LogP contribution in [0.4, 0.5) is 5.69 Å². The molecule has 108 valence electrons. The molecule has 2 aromatic heterocycles. The number of benzene rings is 1. The number of ether oxygens (including phenoxy) is 1. The molecule has 0 aliphatic heterocycles. The number of fused-ring (bicyclic) bond motifs is 1. The Balaban J connectivity index is 1.72. The van der Waals surface area contributed by atoms with Gasteiger partial charge < -0.3 is 14.5 Å². The lowest BCUT2D eigenvalue weighted by atomic mass is 10.3. The van der Waals surface area contributed by atoms with Crippen LogP contribution in [0.5, 0.6) is 5.75 Å². The molecule has 0 saturated heterocycles. The van der Waals surface area contributed by atoms with Crippen LogP contribution in [0.1, 0.15) is 19.0 Å². The molecule has 0 atom stereocenters. The van der Waals surface area contributed by atoms with E-state index in [-0.39, 0.29) is 0 Å². The molecule has 0 aliphatic rings. The summed E-state index contributed by atoms with van der Waals surface area (Å²) in [6, 6.07) is 14.0. The van der Waals surface area contributed by atoms with Crippen molar-refractivity contribution < 1.29 is 4.74 Å². The van der Waals surface area contributed by atoms with E-state index in [0.29, 0.717) is 6.54 Å². The van der Waals surface area contributed by atoms with Crippen molar-refractivity contribution in [2.45, 2.75) is 19.9 Å². The van der Waals surface area contributed by atoms with Crippen molar-refractivity contribution in [3.05, 3.63) is 60.6 Å². The number of para-hydroxylation sites is 2. The summed E-state index contributed by atoms with van der Waals surface area (Å²) in [4.78, 5) is 4.58. The van der Waals surface area contributed by atoms with Crippen LogP contribution in [0, 0.1) is 0 Å². The van der Waals surface area contributed by atoms with Crippen molar-refractivity contribution in [1.82, 2.24) is 9.38 Å². The van der Waals surface area contributed by atoms with E-state index < -0.39 is 0 Å². The van der Waals surface area contributed by atoms with E-state index in [0.717, 1.165) is 35.8 Å². The fourth-order valence-electron chi connectivity index (χ4n) is 2.21. The minimum atomic E-state index is 0.675. The third-order valence-electron chi connectivity index (χ3n) is 3.22. The van der Waals surface area contributed by atoms with Crippen molar-refractivity contribution in [3.8, 4) is 5.75 Å². The molecule has 0 unspecified atom stereocenters. The lowest BCUT2D eigenvalue weighted by Gasteiger charge is -2.11. The van der Waals surface area contributed by atoms with E-state index in [1.54, 1.807) is 0 Å². The van der Waals surface area contributed by atoms with Crippen molar-refractivity contribution in [1.29, 1.82) is 0 Å². The summed E-state index contributed by atoms with van der Waals surface area (Å²) in [6.07, 6.45) is 5.04. The molecule has 21 heavy (non-hydrogen) atoms. The van der Waals surface area contributed by atoms with Gasteiger partial charge in [-0.3, -0.25) is 0 Å². The highest BCUT2D eigenvalue weighted by atomic mass is 16.5. The maximum atomic E-state index is 5.75. The average Bonchev–Trinajstić information content (AvgIpc) is 2.94. The van der Waals surface area contributed by atoms with E-state index in [1.165, 1.54) is 0 Å². The van der Waals surface area contributed by atoms with Crippen molar-refractivity contribution >= 4 is 11.3 Å². The molecule has 0 radical (unpaired) electrons. The molecule has 4 nitrogen and oxygen atoms in total. The van der Waals surface area contributed by atoms with E-state index in [4.69, 9.17) is 4.74 Å². The second-order valence-corrected chi connectivity index (χ2v) is 4.90. The zero-order valence-corrected chi connectivity index (χ0v) is 12.1. The summed E-state index contributed by atoms with van der Waals surface area (Å²) >= 11 is 0. The summed E-state index contributed by atoms with van der Waals surface area (Å²) in [5.41, 5.74) is 2.97. The van der Waals surface area contributed by atoms with Gasteiger partial charge in [0.2, 0.25) is 0 Å². The third-order valence-corrected chi connectivity index (χ3v) is 3.22. The Kier molecular flexibility index (Phi) is 4.05. The largest absolute Gasteiger partial charge is 0.491 e. The molecule has 0 fully saturated rings. The summed E-state index contributed by atoms with van der Waals surface area (Å²) in [7, 11) is 0. The van der Waals surface area contributed by atoms with Crippen molar-refractivity contribution in [3.63, 3.8) is 0 Å². The van der Waals surface area contributed by atoms with Gasteiger partial charge in [-0.2, -0.15) is 0 Å². The topological polar surface area (TPSA) is 38.6 Å². The maximum absolute atomic E-state index is 5.75. The SMILES string of the molecule is CCCOc1ccccc1NCc1cn2ccccc2n1. The number of hydrogen-bond donors (Lipinski definition) is 1. The first kappa shape index (κ1) is 13.5. The molecular weight excluding hydrogens is 262 g/mol. The monoisotopic (exact) mass is 281 g/mol. The van der Waals surface area contributed by atoms with Crippen LogP contribution in [0.2, 0.25) is 0 Å². The highest BCUT2D eigenvalue weighted by Crippen LogP contribution is 2.24. The molecule has 1 aromatic carbocycles. The Bertz CT molecular complexity index is 688. The molecule has 0 saturated carbocycles. The normalized spacial score (nSPS) is 10.7. The Morgan fingerprint density at radius 3 is 2.86 bits per heavy atom. The number of imidazole rings is 1. The average molecular weight is 281 g/mol. The number of nitrogens with zero attached hydrogens (tertiary/aromatic N) is 2. The quantitative estimate of drug-likeness (QED) is 0.748. The van der Waals surface area contributed by atoms with Gasteiger partial charge in [0.25, 0.3) is 0 Å². The van der Waals surface area contributed by atoms with Gasteiger partial charge in [-0.25, -0.2) is 4.98 Å². The van der Waals surface area contributed by atoms with Crippen LogP contribution < -0.4 is 10.1 Å². The number of pyridine rings is 1. The predicted octanol–water partition coefficient (Wildman–Crippen LogP) is 3.74. The van der Waals surface area contributed by atoms with E-state index in [2.05, 4.69) is 17.2 Å². The van der Waals surface area contributed by atoms with Gasteiger partial charge in [-0.15, -0.1) is 0 Å². The minimum absolute atomic E-state index is 0.675. The predicted molar refractivity (Wildman–Crippen MR) is 84.7 cm³/mol. The summed E-state index contributed by atoms with van der Waals surface area (Å²) < 4.78 is 7.77. The highest BCUT2D eigenvalue weighted by molar-refractivity contribution is 5.56. The molecule has 4 heteroatoms. The van der Waals surface area contributed by atoms with Gasteiger partial charge in [0.15, 0.2) is 0 Å². The first-order valence-corrected chi connectivity index (χ1v) is 7.25. The van der Waals surface area contributed by atoms with Gasteiger partial charge in [-0.1, -0.05) is 25.1 Å². The second kappa shape index (κ2) is 6.31. The fourth-order valence-corrected chi connectivity index (χ4v) is 2.21. The van der Waals surface area contributed by atoms with Crippen LogP contribution >= 0.6 is 0 Å². The zero-order valence-electron chi connectivity index (χ0n) is 12.1. The van der Waals surface area contributed by atoms with Crippen LogP contribution in [0.3, 0.4) is 0 Å². The first-order valence-electron chi connectivity index (χ1n) is 7.25. The molecule has 2 heterocycles. The third kappa shape index (κ3) is 3.16. The summed E-state index contributed by atoms with van der Waals surface area (Å²) in [6.45, 7) is 3.51. The zero-order chi connectivity index (χ0) is 14.5. The minimum Gasteiger partial charge on any atom is -0.491 e. The smallest absolute Gasteiger partial charge is 0.142 e. The standard InChI is InChI=1S/C17H19N3O/c1-2-11-21-16-8-4-3-7-15(16)18-12-14-13-20-10-6-5-9-17(20)19-14/h3-10,13,18H,2,11-12H2,1H3. The number of rotatable bonds is 6. The molecule has 0 aliphatic carbocycles. The maximum Gasteiger partial charge on any atom is 0.142 e. The van der Waals surface area contributed by atoms with Gasteiger partial charge >= 0.3 is 0 Å². The fraction of sp³-hybridized carbons (Fsp3) is 0.235. The van der Waals surface area contributed by atoms with E-state index in [1.807, 2.05) is 59.3 Å². The Hall–Kier alpha value is -2.49. The molecular formula is C17H19N3O. The van der Waals surface area contributed by atoms with Crippen molar-refractivity contribution in [2.24, 2.45) is 0 Å².